The van der Waals surface area contributed by atoms with E-state index >= 15 is 0 Å². The maximum absolute atomic E-state index is 9.38. The van der Waals surface area contributed by atoms with Crippen LogP contribution in [0.2, 0.25) is 5.02 Å². The van der Waals surface area contributed by atoms with Gasteiger partial charge in [0.15, 0.2) is 11.5 Å². The summed E-state index contributed by atoms with van der Waals surface area (Å²) in [6.45, 7) is 0.166. The van der Waals surface area contributed by atoms with Gasteiger partial charge in [0.25, 0.3) is 0 Å². The third-order valence-corrected chi connectivity index (χ3v) is 3.34. The number of halogens is 1. The molecule has 0 unspecified atom stereocenters. The smallest absolute Gasteiger partial charge is 0.162 e. The van der Waals surface area contributed by atoms with Crippen LogP contribution in [0.5, 0.6) is 11.5 Å². The molecule has 0 N–H and O–H groups in total. The molecule has 0 aliphatic carbocycles. The molecule has 0 aliphatic rings. The van der Waals surface area contributed by atoms with Crippen molar-refractivity contribution in [2.45, 2.75) is 0 Å². The van der Waals surface area contributed by atoms with Crippen molar-refractivity contribution in [1.82, 2.24) is 0 Å². The molecule has 3 nitrogen and oxygen atoms in total. The van der Waals surface area contributed by atoms with Crippen LogP contribution in [0.4, 0.5) is 0 Å². The number of rotatable bonds is 5. The lowest BCUT2D eigenvalue weighted by Crippen LogP contribution is -1.96. The monoisotopic (exact) mass is 323 g/mol. The largest absolute Gasteiger partial charge is 0.493 e. The van der Waals surface area contributed by atoms with Gasteiger partial charge in [0.2, 0.25) is 0 Å². The maximum Gasteiger partial charge on any atom is 0.162 e. The first-order valence-electron chi connectivity index (χ1n) is 6.80. The maximum atomic E-state index is 9.38. The topological polar surface area (TPSA) is 42.2 Å². The highest BCUT2D eigenvalue weighted by molar-refractivity contribution is 6.30. The first-order chi connectivity index (χ1) is 11.2. The van der Waals surface area contributed by atoms with Gasteiger partial charge in [-0.2, -0.15) is 5.26 Å². The Morgan fingerprint density at radius 2 is 1.96 bits per heavy atom. The fourth-order valence-electron chi connectivity index (χ4n) is 1.99. The molecular weight excluding hydrogens is 310 g/mol. The van der Waals surface area contributed by atoms with Gasteiger partial charge in [-0.3, -0.25) is 0 Å². The van der Waals surface area contributed by atoms with Crippen molar-refractivity contribution >= 4 is 23.3 Å². The van der Waals surface area contributed by atoms with Crippen molar-refractivity contribution < 1.29 is 9.47 Å². The molecule has 0 aliphatic heterocycles. The van der Waals surface area contributed by atoms with E-state index in [1.165, 1.54) is 0 Å². The normalized spacial score (nSPS) is 10.5. The number of nitrogens with zero attached hydrogens (tertiary/aromatic N) is 1. The Labute approximate surface area is 140 Å². The van der Waals surface area contributed by atoms with Crippen LogP contribution in [0.3, 0.4) is 0 Å². The lowest BCUT2D eigenvalue weighted by molar-refractivity contribution is 0.331. The first-order valence-corrected chi connectivity index (χ1v) is 7.17. The summed E-state index contributed by atoms with van der Waals surface area (Å²) in [5.74, 6) is 3.53. The number of allylic oxidation sites excluding steroid dienone is 1. The van der Waals surface area contributed by atoms with Crippen molar-refractivity contribution in [3.05, 3.63) is 58.6 Å². The van der Waals surface area contributed by atoms with Gasteiger partial charge in [-0.25, -0.2) is 0 Å². The Morgan fingerprint density at radius 1 is 1.22 bits per heavy atom. The Balaban J connectivity index is 2.35. The molecule has 0 saturated heterocycles. The van der Waals surface area contributed by atoms with Crippen molar-refractivity contribution in [2.24, 2.45) is 0 Å². The third-order valence-electron chi connectivity index (χ3n) is 3.09. The van der Waals surface area contributed by atoms with E-state index in [2.05, 4.69) is 12.0 Å². The lowest BCUT2D eigenvalue weighted by Gasteiger charge is -2.09. The third kappa shape index (κ3) is 4.30. The molecule has 0 amide bonds. The van der Waals surface area contributed by atoms with Crippen LogP contribution >= 0.6 is 11.6 Å². The number of ether oxygens (including phenoxy) is 2. The summed E-state index contributed by atoms with van der Waals surface area (Å²) < 4.78 is 10.7. The predicted molar refractivity (Wildman–Crippen MR) is 92.3 cm³/mol. The summed E-state index contributed by atoms with van der Waals surface area (Å²) in [6.07, 6.45) is 6.96. The lowest BCUT2D eigenvalue weighted by atomic mass is 10.0. The molecule has 2 aromatic rings. The van der Waals surface area contributed by atoms with Crippen LogP contribution in [0.1, 0.15) is 11.1 Å². The van der Waals surface area contributed by atoms with Gasteiger partial charge in [0.1, 0.15) is 6.61 Å². The van der Waals surface area contributed by atoms with E-state index in [-0.39, 0.29) is 6.61 Å². The molecule has 2 aromatic carbocycles. The van der Waals surface area contributed by atoms with Crippen molar-refractivity contribution in [2.75, 3.05) is 13.7 Å². The summed E-state index contributed by atoms with van der Waals surface area (Å²) in [5.41, 5.74) is 2.14. The Bertz CT molecular complexity index is 796. The summed E-state index contributed by atoms with van der Waals surface area (Å²) >= 11 is 5.87. The molecule has 114 valence electrons. The van der Waals surface area contributed by atoms with Crippen molar-refractivity contribution in [1.29, 1.82) is 5.26 Å². The molecule has 0 radical (unpaired) electrons. The van der Waals surface area contributed by atoms with E-state index in [0.717, 1.165) is 11.1 Å². The number of nitriles is 1. The molecule has 0 heterocycles. The Morgan fingerprint density at radius 3 is 2.57 bits per heavy atom. The van der Waals surface area contributed by atoms with Gasteiger partial charge >= 0.3 is 0 Å². The number of methoxy groups -OCH3 is 1. The fourth-order valence-corrected chi connectivity index (χ4v) is 2.11. The number of benzene rings is 2. The van der Waals surface area contributed by atoms with E-state index in [4.69, 9.17) is 27.5 Å². The highest BCUT2D eigenvalue weighted by Crippen LogP contribution is 2.30. The second-order valence-corrected chi connectivity index (χ2v) is 5.02. The molecular formula is C19H14ClNO2. The van der Waals surface area contributed by atoms with Crippen LogP contribution in [0.25, 0.3) is 11.6 Å². The van der Waals surface area contributed by atoms with Crippen molar-refractivity contribution in [3.8, 4) is 29.9 Å². The van der Waals surface area contributed by atoms with Gasteiger partial charge in [0.05, 0.1) is 18.8 Å². The standard InChI is InChI=1S/C19H14ClNO2/c1-3-10-23-18-9-4-14(12-19(18)22-2)11-16(13-21)15-5-7-17(20)8-6-15/h1,4-9,11-12H,10H2,2H3. The first kappa shape index (κ1) is 16.5. The SMILES string of the molecule is C#CCOc1ccc(C=C(C#N)c2ccc(Cl)cc2)cc1OC. The zero-order valence-electron chi connectivity index (χ0n) is 12.5. The van der Waals surface area contributed by atoms with E-state index in [9.17, 15) is 5.26 Å². The minimum absolute atomic E-state index is 0.166. The molecule has 0 bridgehead atoms. The van der Waals surface area contributed by atoms with E-state index in [1.54, 1.807) is 49.6 Å². The van der Waals surface area contributed by atoms with Crippen LogP contribution in [0, 0.1) is 23.7 Å². The second kappa shape index (κ2) is 7.94. The highest BCUT2D eigenvalue weighted by Gasteiger charge is 2.06. The van der Waals surface area contributed by atoms with E-state index in [1.807, 2.05) is 6.07 Å². The second-order valence-electron chi connectivity index (χ2n) is 4.58. The van der Waals surface area contributed by atoms with E-state index < -0.39 is 0 Å². The molecule has 0 fully saturated rings. The van der Waals surface area contributed by atoms with Crippen LogP contribution in [-0.2, 0) is 0 Å². The molecule has 0 aromatic heterocycles. The predicted octanol–water partition coefficient (Wildman–Crippen LogP) is 4.42. The number of hydrogen-bond donors (Lipinski definition) is 0. The van der Waals surface area contributed by atoms with Gasteiger partial charge in [-0.15, -0.1) is 6.42 Å². The Hall–Kier alpha value is -2.88. The summed E-state index contributed by atoms with van der Waals surface area (Å²) in [7, 11) is 1.55. The minimum atomic E-state index is 0.166. The number of terminal acetylenes is 1. The quantitative estimate of drug-likeness (QED) is 0.464. The summed E-state index contributed by atoms with van der Waals surface area (Å²) in [6, 6.07) is 14.7. The molecule has 2 rings (SSSR count). The number of hydrogen-bond acceptors (Lipinski definition) is 3. The summed E-state index contributed by atoms with van der Waals surface area (Å²) in [4.78, 5) is 0. The zero-order chi connectivity index (χ0) is 16.7. The Kier molecular flexibility index (Phi) is 5.69. The molecule has 23 heavy (non-hydrogen) atoms. The molecule has 0 atom stereocenters. The average molecular weight is 324 g/mol. The van der Waals surface area contributed by atoms with Crippen LogP contribution in [0.15, 0.2) is 42.5 Å². The van der Waals surface area contributed by atoms with Gasteiger partial charge in [0, 0.05) is 5.02 Å². The van der Waals surface area contributed by atoms with Gasteiger partial charge in [-0.05, 0) is 41.5 Å². The van der Waals surface area contributed by atoms with Crippen molar-refractivity contribution in [3.63, 3.8) is 0 Å². The summed E-state index contributed by atoms with van der Waals surface area (Å²) in [5, 5.41) is 10.0. The van der Waals surface area contributed by atoms with Gasteiger partial charge < -0.3 is 9.47 Å². The van der Waals surface area contributed by atoms with Gasteiger partial charge in [-0.1, -0.05) is 35.7 Å². The van der Waals surface area contributed by atoms with Crippen LogP contribution < -0.4 is 9.47 Å². The van der Waals surface area contributed by atoms with E-state index in [0.29, 0.717) is 22.1 Å². The van der Waals surface area contributed by atoms with Crippen LogP contribution in [-0.4, -0.2) is 13.7 Å². The average Bonchev–Trinajstić information content (AvgIpc) is 2.59. The molecule has 0 spiro atoms. The fraction of sp³-hybridized carbons (Fsp3) is 0.105. The zero-order valence-corrected chi connectivity index (χ0v) is 13.3. The minimum Gasteiger partial charge on any atom is -0.493 e. The highest BCUT2D eigenvalue weighted by atomic mass is 35.5. The molecule has 0 saturated carbocycles. The molecule has 4 heteroatoms.